The highest BCUT2D eigenvalue weighted by Crippen LogP contribution is 2.52. The molecule has 0 saturated carbocycles. The van der Waals surface area contributed by atoms with Gasteiger partial charge in [-0.2, -0.15) is 0 Å². The smallest absolute Gasteiger partial charge is 0.161 e. The molecule has 0 radical (unpaired) electrons. The van der Waals surface area contributed by atoms with E-state index in [9.17, 15) is 5.11 Å². The first-order valence-corrected chi connectivity index (χ1v) is 13.2. The van der Waals surface area contributed by atoms with Gasteiger partial charge < -0.3 is 28.8 Å². The molecule has 6 nitrogen and oxygen atoms in total. The molecule has 6 heteroatoms. The first-order valence-electron chi connectivity index (χ1n) is 13.2. The van der Waals surface area contributed by atoms with Crippen molar-refractivity contribution in [3.8, 4) is 28.7 Å². The molecule has 1 heterocycles. The van der Waals surface area contributed by atoms with Gasteiger partial charge in [0.05, 0.1) is 34.0 Å². The normalized spacial score (nSPS) is 16.0. The maximum absolute atomic E-state index is 12.6. The fraction of sp³-hybridized carbons (Fsp3) is 0.235. The van der Waals surface area contributed by atoms with Gasteiger partial charge in [0, 0.05) is 11.6 Å². The van der Waals surface area contributed by atoms with E-state index in [1.807, 2.05) is 91.0 Å². The SMILES string of the molecule is COc1ccc([C@@H]2CCc3c(OC)cc(OC)c(C(O)(/C=C/c4ccccc4)c4ccccc4)c3O2)cc1OC. The van der Waals surface area contributed by atoms with E-state index >= 15 is 0 Å². The molecule has 5 rings (SSSR count). The topological polar surface area (TPSA) is 66.4 Å². The van der Waals surface area contributed by atoms with E-state index in [1.165, 1.54) is 0 Å². The minimum absolute atomic E-state index is 0.291. The number of aliphatic hydroxyl groups is 1. The molecule has 206 valence electrons. The molecule has 1 unspecified atom stereocenters. The molecule has 0 aromatic heterocycles. The van der Waals surface area contributed by atoms with Crippen LogP contribution in [0.25, 0.3) is 6.08 Å². The van der Waals surface area contributed by atoms with Crippen LogP contribution in [0.3, 0.4) is 0 Å². The fourth-order valence-electron chi connectivity index (χ4n) is 5.29. The lowest BCUT2D eigenvalue weighted by atomic mass is 9.81. The molecule has 4 aromatic rings. The number of fused-ring (bicyclic) bond motifs is 1. The molecule has 1 aliphatic rings. The van der Waals surface area contributed by atoms with Crippen LogP contribution in [-0.2, 0) is 12.0 Å². The minimum Gasteiger partial charge on any atom is -0.496 e. The van der Waals surface area contributed by atoms with E-state index in [2.05, 4.69) is 0 Å². The van der Waals surface area contributed by atoms with Gasteiger partial charge in [-0.1, -0.05) is 72.8 Å². The molecule has 0 spiro atoms. The Hall–Kier alpha value is -4.42. The van der Waals surface area contributed by atoms with E-state index in [0.29, 0.717) is 52.7 Å². The van der Waals surface area contributed by atoms with E-state index in [4.69, 9.17) is 23.7 Å². The lowest BCUT2D eigenvalue weighted by Gasteiger charge is -2.35. The van der Waals surface area contributed by atoms with Crippen LogP contribution >= 0.6 is 0 Å². The Morgan fingerprint density at radius 2 is 1.40 bits per heavy atom. The summed E-state index contributed by atoms with van der Waals surface area (Å²) in [6.45, 7) is 0. The highest BCUT2D eigenvalue weighted by Gasteiger charge is 2.40. The minimum atomic E-state index is -1.57. The van der Waals surface area contributed by atoms with Crippen molar-refractivity contribution in [3.63, 3.8) is 0 Å². The summed E-state index contributed by atoms with van der Waals surface area (Å²) < 4.78 is 29.4. The largest absolute Gasteiger partial charge is 0.496 e. The average molecular weight is 539 g/mol. The van der Waals surface area contributed by atoms with Crippen LogP contribution in [0.4, 0.5) is 0 Å². The van der Waals surface area contributed by atoms with Gasteiger partial charge in [0.25, 0.3) is 0 Å². The zero-order valence-electron chi connectivity index (χ0n) is 23.2. The molecular weight excluding hydrogens is 504 g/mol. The van der Waals surface area contributed by atoms with Gasteiger partial charge in [-0.3, -0.25) is 0 Å². The maximum Gasteiger partial charge on any atom is 0.161 e. The van der Waals surface area contributed by atoms with Gasteiger partial charge >= 0.3 is 0 Å². The molecule has 4 aromatic carbocycles. The first-order chi connectivity index (χ1) is 19.5. The summed E-state index contributed by atoms with van der Waals surface area (Å²) in [6, 6.07) is 27.1. The molecule has 40 heavy (non-hydrogen) atoms. The Kier molecular flexibility index (Phi) is 7.99. The second kappa shape index (κ2) is 11.8. The molecule has 2 atom stereocenters. The lowest BCUT2D eigenvalue weighted by Crippen LogP contribution is -2.29. The van der Waals surface area contributed by atoms with Crippen molar-refractivity contribution >= 4 is 6.08 Å². The van der Waals surface area contributed by atoms with Crippen LogP contribution in [0.1, 0.15) is 40.3 Å². The van der Waals surface area contributed by atoms with Gasteiger partial charge in [0.2, 0.25) is 0 Å². The molecule has 0 bridgehead atoms. The zero-order chi connectivity index (χ0) is 28.1. The summed E-state index contributed by atoms with van der Waals surface area (Å²) in [6.07, 6.45) is 4.82. The zero-order valence-corrected chi connectivity index (χ0v) is 23.2. The van der Waals surface area contributed by atoms with Crippen LogP contribution in [0.2, 0.25) is 0 Å². The van der Waals surface area contributed by atoms with E-state index in [-0.39, 0.29) is 6.10 Å². The van der Waals surface area contributed by atoms with E-state index in [0.717, 1.165) is 16.7 Å². The fourth-order valence-corrected chi connectivity index (χ4v) is 5.29. The van der Waals surface area contributed by atoms with Crippen LogP contribution in [-0.4, -0.2) is 33.5 Å². The van der Waals surface area contributed by atoms with Crippen molar-refractivity contribution in [1.29, 1.82) is 0 Å². The van der Waals surface area contributed by atoms with Gasteiger partial charge in [0.15, 0.2) is 11.5 Å². The highest BCUT2D eigenvalue weighted by atomic mass is 16.5. The Balaban J connectivity index is 1.70. The number of hydrogen-bond donors (Lipinski definition) is 1. The van der Waals surface area contributed by atoms with Crippen LogP contribution in [0.15, 0.2) is 91.0 Å². The van der Waals surface area contributed by atoms with Crippen molar-refractivity contribution in [2.75, 3.05) is 28.4 Å². The number of methoxy groups -OCH3 is 4. The standard InChI is InChI=1S/C34H34O6/c1-36-28-17-15-24(21-30(28)38-3)27-18-16-26-29(37-2)22-31(39-4)32(33(26)40-27)34(35,25-13-9-6-10-14-25)20-19-23-11-7-5-8-12-23/h5-15,17,19-22,27,35H,16,18H2,1-4H3/b20-19+/t27-,34?/m0/s1. The summed E-state index contributed by atoms with van der Waals surface area (Å²) in [5.41, 5.74) is 2.43. The molecule has 0 saturated heterocycles. The van der Waals surface area contributed by atoms with Crippen molar-refractivity contribution in [2.24, 2.45) is 0 Å². The summed E-state index contributed by atoms with van der Waals surface area (Å²) >= 11 is 0. The number of hydrogen-bond acceptors (Lipinski definition) is 6. The molecule has 0 amide bonds. The summed E-state index contributed by atoms with van der Waals surface area (Å²) in [5, 5.41) is 12.6. The highest BCUT2D eigenvalue weighted by molar-refractivity contribution is 5.66. The Labute approximate surface area is 235 Å². The third-order valence-electron chi connectivity index (χ3n) is 7.35. The molecule has 0 aliphatic carbocycles. The summed E-state index contributed by atoms with van der Waals surface area (Å²) in [4.78, 5) is 0. The lowest BCUT2D eigenvalue weighted by molar-refractivity contribution is 0.113. The Bertz CT molecular complexity index is 1480. The van der Waals surface area contributed by atoms with E-state index < -0.39 is 5.60 Å². The average Bonchev–Trinajstić information content (AvgIpc) is 3.03. The van der Waals surface area contributed by atoms with Gasteiger partial charge in [-0.05, 0) is 47.7 Å². The van der Waals surface area contributed by atoms with Gasteiger partial charge in [-0.25, -0.2) is 0 Å². The quantitative estimate of drug-likeness (QED) is 0.255. The molecule has 1 N–H and O–H groups in total. The van der Waals surface area contributed by atoms with Crippen molar-refractivity contribution in [1.82, 2.24) is 0 Å². The number of ether oxygens (including phenoxy) is 5. The third-order valence-corrected chi connectivity index (χ3v) is 7.35. The maximum atomic E-state index is 12.6. The summed E-state index contributed by atoms with van der Waals surface area (Å²) in [7, 11) is 6.45. The third kappa shape index (κ3) is 5.10. The van der Waals surface area contributed by atoms with Crippen LogP contribution < -0.4 is 23.7 Å². The number of rotatable bonds is 9. The molecule has 1 aliphatic heterocycles. The van der Waals surface area contributed by atoms with Crippen molar-refractivity contribution in [2.45, 2.75) is 24.5 Å². The van der Waals surface area contributed by atoms with Gasteiger partial charge in [-0.15, -0.1) is 0 Å². The first kappa shape index (κ1) is 27.2. The summed E-state index contributed by atoms with van der Waals surface area (Å²) in [5.74, 6) is 2.95. The van der Waals surface area contributed by atoms with Crippen molar-refractivity contribution < 1.29 is 28.8 Å². The predicted octanol–water partition coefficient (Wildman–Crippen LogP) is 6.74. The Morgan fingerprint density at radius 1 is 0.750 bits per heavy atom. The predicted molar refractivity (Wildman–Crippen MR) is 156 cm³/mol. The second-order valence-corrected chi connectivity index (χ2v) is 9.60. The molecule has 0 fully saturated rings. The monoisotopic (exact) mass is 538 g/mol. The van der Waals surface area contributed by atoms with E-state index in [1.54, 1.807) is 34.5 Å². The second-order valence-electron chi connectivity index (χ2n) is 9.60. The van der Waals surface area contributed by atoms with Crippen LogP contribution in [0.5, 0.6) is 28.7 Å². The number of benzene rings is 4. The van der Waals surface area contributed by atoms with Crippen LogP contribution in [0, 0.1) is 0 Å². The van der Waals surface area contributed by atoms with Crippen molar-refractivity contribution in [3.05, 3.63) is 119 Å². The van der Waals surface area contributed by atoms with Gasteiger partial charge in [0.1, 0.15) is 29.0 Å². The Morgan fingerprint density at radius 3 is 2.05 bits per heavy atom. The molecular formula is C34H34O6.